The van der Waals surface area contributed by atoms with Crippen molar-refractivity contribution >= 4 is 15.9 Å². The van der Waals surface area contributed by atoms with Gasteiger partial charge in [0, 0.05) is 38.6 Å². The van der Waals surface area contributed by atoms with Gasteiger partial charge in [0.15, 0.2) is 0 Å². The lowest BCUT2D eigenvalue weighted by Gasteiger charge is -2.42. The molecule has 0 spiro atoms. The van der Waals surface area contributed by atoms with Crippen LogP contribution in [0, 0.1) is 0 Å². The van der Waals surface area contributed by atoms with E-state index < -0.39 is 5.60 Å². The van der Waals surface area contributed by atoms with Crippen molar-refractivity contribution in [3.63, 3.8) is 0 Å². The van der Waals surface area contributed by atoms with Crippen molar-refractivity contribution in [3.8, 4) is 5.75 Å². The predicted molar refractivity (Wildman–Crippen MR) is 115 cm³/mol. The molecular weight excluding hydrogens is 404 g/mol. The van der Waals surface area contributed by atoms with Gasteiger partial charge in [-0.1, -0.05) is 38.2 Å². The van der Waals surface area contributed by atoms with Crippen LogP contribution in [0.4, 0.5) is 0 Å². The van der Waals surface area contributed by atoms with E-state index >= 15 is 0 Å². The summed E-state index contributed by atoms with van der Waals surface area (Å²) < 4.78 is 6.40. The normalized spacial score (nSPS) is 23.4. The molecule has 27 heavy (non-hydrogen) atoms. The lowest BCUT2D eigenvalue weighted by Crippen LogP contribution is -2.49. The molecule has 0 amide bonds. The van der Waals surface area contributed by atoms with Crippen molar-refractivity contribution in [3.05, 3.63) is 28.2 Å². The van der Waals surface area contributed by atoms with Crippen LogP contribution >= 0.6 is 15.9 Å². The Balaban J connectivity index is 1.86. The van der Waals surface area contributed by atoms with Crippen LogP contribution in [0.2, 0.25) is 0 Å². The third-order valence-corrected chi connectivity index (χ3v) is 7.10. The van der Waals surface area contributed by atoms with E-state index in [-0.39, 0.29) is 5.92 Å². The molecule has 0 bridgehead atoms. The molecule has 152 valence electrons. The van der Waals surface area contributed by atoms with E-state index in [0.29, 0.717) is 0 Å². The van der Waals surface area contributed by atoms with Gasteiger partial charge in [-0.3, -0.25) is 0 Å². The second-order valence-corrected chi connectivity index (χ2v) is 9.28. The van der Waals surface area contributed by atoms with E-state index in [9.17, 15) is 5.11 Å². The van der Waals surface area contributed by atoms with Crippen LogP contribution in [0.3, 0.4) is 0 Å². The summed E-state index contributed by atoms with van der Waals surface area (Å²) in [6.07, 6.45) is 7.89. The van der Waals surface area contributed by atoms with Crippen molar-refractivity contribution in [1.82, 2.24) is 9.80 Å². The molecule has 2 fully saturated rings. The molecule has 1 aliphatic heterocycles. The number of methoxy groups -OCH3 is 1. The Labute approximate surface area is 173 Å². The van der Waals surface area contributed by atoms with E-state index in [1.54, 1.807) is 7.11 Å². The summed E-state index contributed by atoms with van der Waals surface area (Å²) in [5.41, 5.74) is 0.613. The molecule has 4 nitrogen and oxygen atoms in total. The second-order valence-electron chi connectivity index (χ2n) is 8.42. The first-order chi connectivity index (χ1) is 13.0. The van der Waals surface area contributed by atoms with Gasteiger partial charge in [0.05, 0.1) is 17.2 Å². The van der Waals surface area contributed by atoms with Gasteiger partial charge in [-0.05, 0) is 53.5 Å². The van der Waals surface area contributed by atoms with Crippen molar-refractivity contribution in [2.24, 2.45) is 0 Å². The zero-order valence-electron chi connectivity index (χ0n) is 16.9. The molecule has 0 radical (unpaired) electrons. The maximum atomic E-state index is 11.8. The number of ether oxygens (including phenoxy) is 1. The van der Waals surface area contributed by atoms with Crippen LogP contribution in [0.1, 0.15) is 56.4 Å². The minimum atomic E-state index is -0.613. The summed E-state index contributed by atoms with van der Waals surface area (Å²) in [6, 6.07) is 6.35. The highest BCUT2D eigenvalue weighted by Gasteiger charge is 2.39. The monoisotopic (exact) mass is 438 g/mol. The maximum Gasteiger partial charge on any atom is 0.133 e. The minimum Gasteiger partial charge on any atom is -0.496 e. The zero-order chi connectivity index (χ0) is 19.3. The highest BCUT2D eigenvalue weighted by molar-refractivity contribution is 9.10. The first kappa shape index (κ1) is 21.1. The zero-order valence-corrected chi connectivity index (χ0v) is 18.5. The quantitative estimate of drug-likeness (QED) is 0.744. The number of benzene rings is 1. The summed E-state index contributed by atoms with van der Waals surface area (Å²) >= 11 is 3.65. The fourth-order valence-corrected chi connectivity index (χ4v) is 5.20. The van der Waals surface area contributed by atoms with E-state index in [4.69, 9.17) is 4.74 Å². The van der Waals surface area contributed by atoms with Gasteiger partial charge in [0.25, 0.3) is 0 Å². The summed E-state index contributed by atoms with van der Waals surface area (Å²) in [4.78, 5) is 4.93. The van der Waals surface area contributed by atoms with Crippen molar-refractivity contribution in [2.45, 2.75) is 56.5 Å². The molecule has 1 aromatic rings. The molecule has 1 saturated carbocycles. The molecular formula is C22H35BrN2O2. The lowest BCUT2D eigenvalue weighted by atomic mass is 9.74. The van der Waals surface area contributed by atoms with Crippen LogP contribution < -0.4 is 4.74 Å². The van der Waals surface area contributed by atoms with Gasteiger partial charge in [-0.25, -0.2) is 0 Å². The number of piperazine rings is 1. The molecule has 1 aromatic carbocycles. The van der Waals surface area contributed by atoms with E-state index in [1.807, 2.05) is 6.07 Å². The van der Waals surface area contributed by atoms with Crippen LogP contribution in [0.25, 0.3) is 0 Å². The van der Waals surface area contributed by atoms with Gasteiger partial charge in [0.2, 0.25) is 0 Å². The summed E-state index contributed by atoms with van der Waals surface area (Å²) in [6.45, 7) is 5.32. The second kappa shape index (κ2) is 9.73. The molecule has 0 aromatic heterocycles. The number of halogens is 1. The van der Waals surface area contributed by atoms with Crippen molar-refractivity contribution in [2.75, 3.05) is 46.9 Å². The van der Waals surface area contributed by atoms with Crippen LogP contribution in [0.15, 0.2) is 22.7 Å². The average molecular weight is 439 g/mol. The molecule has 3 rings (SSSR count). The van der Waals surface area contributed by atoms with Crippen LogP contribution in [0.5, 0.6) is 5.75 Å². The number of rotatable bonds is 5. The first-order valence-electron chi connectivity index (χ1n) is 10.5. The SMILES string of the molecule is COc1ccc(C(CN2CCN(C)CC2)C2(O)CCCCCCC2)cc1Br. The molecule has 2 aliphatic rings. The number of aliphatic hydroxyl groups is 1. The lowest BCUT2D eigenvalue weighted by molar-refractivity contribution is -0.0254. The highest BCUT2D eigenvalue weighted by atomic mass is 79.9. The van der Waals surface area contributed by atoms with Gasteiger partial charge < -0.3 is 19.6 Å². The number of likely N-dealkylation sites (N-methyl/N-ethyl adjacent to an activating group) is 1. The van der Waals surface area contributed by atoms with Crippen LogP contribution in [-0.2, 0) is 0 Å². The third kappa shape index (κ3) is 5.47. The van der Waals surface area contributed by atoms with Gasteiger partial charge in [-0.15, -0.1) is 0 Å². The largest absolute Gasteiger partial charge is 0.496 e. The minimum absolute atomic E-state index is 0.140. The smallest absolute Gasteiger partial charge is 0.133 e. The number of hydrogen-bond acceptors (Lipinski definition) is 4. The third-order valence-electron chi connectivity index (χ3n) is 6.48. The van der Waals surface area contributed by atoms with Gasteiger partial charge in [0.1, 0.15) is 5.75 Å². The van der Waals surface area contributed by atoms with Crippen LogP contribution in [-0.4, -0.2) is 67.4 Å². The number of hydrogen-bond donors (Lipinski definition) is 1. The Bertz CT molecular complexity index is 594. The molecule has 1 N–H and O–H groups in total. The van der Waals surface area contributed by atoms with Crippen molar-refractivity contribution in [1.29, 1.82) is 0 Å². The fourth-order valence-electron chi connectivity index (χ4n) is 4.64. The Hall–Kier alpha value is -0.620. The summed E-state index contributed by atoms with van der Waals surface area (Å²) in [5.74, 6) is 0.989. The molecule has 1 aliphatic carbocycles. The fraction of sp³-hybridized carbons (Fsp3) is 0.727. The molecule has 1 unspecified atom stereocenters. The Morgan fingerprint density at radius 1 is 1.07 bits per heavy atom. The molecule has 5 heteroatoms. The van der Waals surface area contributed by atoms with Crippen molar-refractivity contribution < 1.29 is 9.84 Å². The first-order valence-corrected chi connectivity index (χ1v) is 11.3. The standard InChI is InChI=1S/C22H35BrN2O2/c1-24-12-14-25(15-13-24)17-19(18-8-9-21(27-2)20(23)16-18)22(26)10-6-4-3-5-7-11-22/h8-9,16,19,26H,3-7,10-15,17H2,1-2H3. The van der Waals surface area contributed by atoms with E-state index in [1.165, 1.54) is 24.8 Å². The Morgan fingerprint density at radius 2 is 1.70 bits per heavy atom. The highest BCUT2D eigenvalue weighted by Crippen LogP contribution is 2.41. The number of nitrogens with zero attached hydrogens (tertiary/aromatic N) is 2. The Kier molecular flexibility index (Phi) is 7.60. The molecule has 1 saturated heterocycles. The molecule has 1 heterocycles. The predicted octanol–water partition coefficient (Wildman–Crippen LogP) is 4.26. The van der Waals surface area contributed by atoms with Gasteiger partial charge >= 0.3 is 0 Å². The van der Waals surface area contributed by atoms with Gasteiger partial charge in [-0.2, -0.15) is 0 Å². The topological polar surface area (TPSA) is 35.9 Å². The van der Waals surface area contributed by atoms with E-state index in [0.717, 1.165) is 68.6 Å². The van der Waals surface area contributed by atoms with E-state index in [2.05, 4.69) is 44.9 Å². The Morgan fingerprint density at radius 3 is 2.30 bits per heavy atom. The summed E-state index contributed by atoms with van der Waals surface area (Å²) in [5, 5.41) is 11.8. The molecule has 1 atom stereocenters. The maximum absolute atomic E-state index is 11.8. The average Bonchev–Trinajstić information content (AvgIpc) is 2.64. The summed E-state index contributed by atoms with van der Waals surface area (Å²) in [7, 11) is 3.89.